The van der Waals surface area contributed by atoms with Gasteiger partial charge in [-0.05, 0) is 26.3 Å². The van der Waals surface area contributed by atoms with Gasteiger partial charge in [0.05, 0.1) is 6.61 Å². The van der Waals surface area contributed by atoms with E-state index >= 15 is 0 Å². The molecule has 1 aromatic heterocycles. The smallest absolute Gasteiger partial charge is 0.397 e. The van der Waals surface area contributed by atoms with E-state index < -0.39 is 5.97 Å². The highest BCUT2D eigenvalue weighted by atomic mass is 16.6. The summed E-state index contributed by atoms with van der Waals surface area (Å²) < 4.78 is 9.67. The minimum Gasteiger partial charge on any atom is -0.459 e. The van der Waals surface area contributed by atoms with Crippen molar-refractivity contribution in [3.63, 3.8) is 0 Å². The van der Waals surface area contributed by atoms with Crippen LogP contribution in [0.3, 0.4) is 0 Å². The van der Waals surface area contributed by atoms with Crippen molar-refractivity contribution in [3.05, 3.63) is 46.6 Å². The molecule has 5 nitrogen and oxygen atoms in total. The summed E-state index contributed by atoms with van der Waals surface area (Å²) in [6.07, 6.45) is 0.533. The van der Waals surface area contributed by atoms with Gasteiger partial charge in [-0.2, -0.15) is 4.98 Å². The number of rotatable bonds is 4. The third-order valence-electron chi connectivity index (χ3n) is 2.56. The number of carbonyl (C=O) groups is 1. The van der Waals surface area contributed by atoms with Crippen molar-refractivity contribution in [2.45, 2.75) is 27.2 Å². The van der Waals surface area contributed by atoms with E-state index in [9.17, 15) is 4.79 Å². The van der Waals surface area contributed by atoms with Crippen LogP contribution in [0, 0.1) is 13.8 Å². The highest BCUT2D eigenvalue weighted by Crippen LogP contribution is 2.12. The van der Waals surface area contributed by atoms with Gasteiger partial charge in [0, 0.05) is 6.42 Å². The quantitative estimate of drug-likeness (QED) is 0.790. The molecule has 0 unspecified atom stereocenters. The van der Waals surface area contributed by atoms with Crippen LogP contribution in [0.25, 0.3) is 0 Å². The summed E-state index contributed by atoms with van der Waals surface area (Å²) in [5, 5.41) is 3.79. The second-order valence-electron chi connectivity index (χ2n) is 4.41. The van der Waals surface area contributed by atoms with Crippen molar-refractivity contribution in [1.29, 1.82) is 0 Å². The number of nitrogens with zero attached hydrogens (tertiary/aromatic N) is 2. The molecule has 0 fully saturated rings. The van der Waals surface area contributed by atoms with E-state index in [1.807, 2.05) is 13.8 Å². The fourth-order valence-corrected chi connectivity index (χ4v) is 1.96. The lowest BCUT2D eigenvalue weighted by Crippen LogP contribution is -2.05. The van der Waals surface area contributed by atoms with Crippen molar-refractivity contribution in [3.8, 4) is 0 Å². The highest BCUT2D eigenvalue weighted by Gasteiger charge is 2.16. The Balaban J connectivity index is 2.13. The van der Waals surface area contributed by atoms with Crippen LogP contribution in [-0.4, -0.2) is 22.7 Å². The van der Waals surface area contributed by atoms with E-state index in [0.717, 1.165) is 5.56 Å². The fourth-order valence-electron chi connectivity index (χ4n) is 1.96. The molecule has 0 bridgehead atoms. The molecular weight excluding hydrogens is 244 g/mol. The lowest BCUT2D eigenvalue weighted by Gasteiger charge is -2.01. The Hall–Kier alpha value is -2.17. The molecule has 5 heteroatoms. The van der Waals surface area contributed by atoms with Crippen molar-refractivity contribution < 1.29 is 14.1 Å². The average molecular weight is 260 g/mol. The number of aromatic nitrogens is 2. The fraction of sp³-hybridized carbons (Fsp3) is 0.357. The molecule has 1 heterocycles. The summed E-state index contributed by atoms with van der Waals surface area (Å²) in [4.78, 5) is 15.4. The minimum atomic E-state index is -0.582. The zero-order valence-corrected chi connectivity index (χ0v) is 11.3. The van der Waals surface area contributed by atoms with Gasteiger partial charge in [0.2, 0.25) is 0 Å². The molecule has 0 aliphatic heterocycles. The number of ether oxygens (including phenoxy) is 1. The first-order valence-corrected chi connectivity index (χ1v) is 6.15. The molecule has 0 atom stereocenters. The number of aryl methyl sites for hydroxylation is 2. The van der Waals surface area contributed by atoms with Crippen molar-refractivity contribution in [1.82, 2.24) is 10.1 Å². The molecule has 2 aromatic rings. The molecule has 0 N–H and O–H groups in total. The molecule has 2 rings (SSSR count). The molecule has 0 aliphatic rings. The molecule has 1 aromatic carbocycles. The maximum absolute atomic E-state index is 11.4. The predicted molar refractivity (Wildman–Crippen MR) is 69.0 cm³/mol. The molecule has 0 amide bonds. The number of hydrogen-bond acceptors (Lipinski definition) is 5. The van der Waals surface area contributed by atoms with Gasteiger partial charge >= 0.3 is 11.9 Å². The van der Waals surface area contributed by atoms with E-state index in [1.165, 1.54) is 11.1 Å². The zero-order valence-electron chi connectivity index (χ0n) is 11.3. The first kappa shape index (κ1) is 13.3. The monoisotopic (exact) mass is 260 g/mol. The molecule has 0 saturated heterocycles. The topological polar surface area (TPSA) is 65.2 Å². The Kier molecular flexibility index (Phi) is 3.94. The van der Waals surface area contributed by atoms with E-state index in [-0.39, 0.29) is 12.5 Å². The van der Waals surface area contributed by atoms with Crippen LogP contribution in [0.15, 0.2) is 22.7 Å². The SMILES string of the molecule is CCOC(=O)c1nc(Cc2cc(C)cc(C)c2)no1. The van der Waals surface area contributed by atoms with Gasteiger partial charge in [0.15, 0.2) is 5.82 Å². The maximum atomic E-state index is 11.4. The molecule has 0 saturated carbocycles. The highest BCUT2D eigenvalue weighted by molar-refractivity contribution is 5.83. The van der Waals surface area contributed by atoms with Crippen LogP contribution < -0.4 is 0 Å². The first-order chi connectivity index (χ1) is 9.08. The van der Waals surface area contributed by atoms with E-state index in [2.05, 4.69) is 28.3 Å². The molecule has 0 aliphatic carbocycles. The van der Waals surface area contributed by atoms with Gasteiger partial charge < -0.3 is 9.26 Å². The summed E-state index contributed by atoms with van der Waals surface area (Å²) in [7, 11) is 0. The van der Waals surface area contributed by atoms with Gasteiger partial charge in [0.1, 0.15) is 0 Å². The summed E-state index contributed by atoms with van der Waals surface area (Å²) in [5.74, 6) is -0.198. The van der Waals surface area contributed by atoms with Crippen molar-refractivity contribution in [2.24, 2.45) is 0 Å². The van der Waals surface area contributed by atoms with Crippen LogP contribution in [0.2, 0.25) is 0 Å². The number of hydrogen-bond donors (Lipinski definition) is 0. The normalized spacial score (nSPS) is 10.5. The first-order valence-electron chi connectivity index (χ1n) is 6.15. The lowest BCUT2D eigenvalue weighted by molar-refractivity contribution is 0.0470. The summed E-state index contributed by atoms with van der Waals surface area (Å²) >= 11 is 0. The molecule has 19 heavy (non-hydrogen) atoms. The predicted octanol–water partition coefficient (Wildman–Crippen LogP) is 2.45. The summed E-state index contributed by atoms with van der Waals surface area (Å²) in [6.45, 7) is 6.09. The Labute approximate surface area is 111 Å². The van der Waals surface area contributed by atoms with Crippen molar-refractivity contribution in [2.75, 3.05) is 6.61 Å². The zero-order chi connectivity index (χ0) is 13.8. The molecular formula is C14H16N2O3. The van der Waals surface area contributed by atoms with Crippen LogP contribution in [-0.2, 0) is 11.2 Å². The van der Waals surface area contributed by atoms with Crippen LogP contribution in [0.4, 0.5) is 0 Å². The molecule has 0 spiro atoms. The maximum Gasteiger partial charge on any atom is 0.397 e. The summed E-state index contributed by atoms with van der Waals surface area (Å²) in [5.41, 5.74) is 3.46. The number of carbonyl (C=O) groups excluding carboxylic acids is 1. The molecule has 0 radical (unpaired) electrons. The average Bonchev–Trinajstić information content (AvgIpc) is 2.76. The lowest BCUT2D eigenvalue weighted by atomic mass is 10.1. The summed E-state index contributed by atoms with van der Waals surface area (Å²) in [6, 6.07) is 6.23. The largest absolute Gasteiger partial charge is 0.459 e. The molecule has 100 valence electrons. The van der Waals surface area contributed by atoms with Gasteiger partial charge in [-0.1, -0.05) is 34.5 Å². The number of esters is 1. The van der Waals surface area contributed by atoms with E-state index in [4.69, 9.17) is 9.26 Å². The second-order valence-corrected chi connectivity index (χ2v) is 4.41. The Morgan fingerprint density at radius 1 is 1.26 bits per heavy atom. The number of benzene rings is 1. The Morgan fingerprint density at radius 2 is 1.95 bits per heavy atom. The van der Waals surface area contributed by atoms with Gasteiger partial charge in [-0.15, -0.1) is 0 Å². The van der Waals surface area contributed by atoms with Gasteiger partial charge in [0.25, 0.3) is 0 Å². The minimum absolute atomic E-state index is 0.0961. The standard InChI is InChI=1S/C14H16N2O3/c1-4-18-14(17)13-15-12(16-19-13)8-11-6-9(2)5-10(3)7-11/h5-7H,4,8H2,1-3H3. The van der Waals surface area contributed by atoms with Gasteiger partial charge in [-0.3, -0.25) is 0 Å². The Morgan fingerprint density at radius 3 is 2.58 bits per heavy atom. The Bertz CT molecular complexity index is 570. The van der Waals surface area contributed by atoms with Crippen LogP contribution >= 0.6 is 0 Å². The van der Waals surface area contributed by atoms with Crippen molar-refractivity contribution >= 4 is 5.97 Å². The third-order valence-corrected chi connectivity index (χ3v) is 2.56. The van der Waals surface area contributed by atoms with Gasteiger partial charge in [-0.25, -0.2) is 4.79 Å². The third kappa shape index (κ3) is 3.40. The van der Waals surface area contributed by atoms with Crippen LogP contribution in [0.5, 0.6) is 0 Å². The van der Waals surface area contributed by atoms with Crippen LogP contribution in [0.1, 0.15) is 40.1 Å². The van der Waals surface area contributed by atoms with E-state index in [1.54, 1.807) is 6.92 Å². The van der Waals surface area contributed by atoms with E-state index in [0.29, 0.717) is 12.2 Å². The second kappa shape index (κ2) is 5.65.